The van der Waals surface area contributed by atoms with E-state index in [2.05, 4.69) is 0 Å². The van der Waals surface area contributed by atoms with E-state index in [1.165, 1.54) is 0 Å². The van der Waals surface area contributed by atoms with Gasteiger partial charge in [0.25, 0.3) is 0 Å². The Hall–Kier alpha value is -0.130. The molecule has 0 radical (unpaired) electrons. The molecule has 90 valence electrons. The monoisotopic (exact) mass is 235 g/mol. The molecule has 15 heavy (non-hydrogen) atoms. The van der Waals surface area contributed by atoms with Gasteiger partial charge >= 0.3 is 0 Å². The smallest absolute Gasteiger partial charge is 0.157 e. The summed E-state index contributed by atoms with van der Waals surface area (Å²) in [5.74, 6) is 0.0422. The zero-order valence-corrected chi connectivity index (χ0v) is 10.7. The minimum Gasteiger partial charge on any atom is -0.368 e. The lowest BCUT2D eigenvalue weighted by Gasteiger charge is -2.26. The first-order valence-corrected chi connectivity index (χ1v) is 6.94. The molecule has 4 nitrogen and oxygen atoms in total. The molecule has 1 unspecified atom stereocenters. The molecule has 5 heteroatoms. The van der Waals surface area contributed by atoms with Crippen LogP contribution in [0.15, 0.2) is 0 Å². The molecule has 0 aromatic rings. The average molecular weight is 235 g/mol. The molecule has 0 amide bonds. The molecule has 1 aliphatic rings. The minimum atomic E-state index is -3.14. The van der Waals surface area contributed by atoms with E-state index in [-0.39, 0.29) is 17.9 Å². The van der Waals surface area contributed by atoms with Crippen molar-refractivity contribution in [2.45, 2.75) is 50.6 Å². The Morgan fingerprint density at radius 2 is 1.87 bits per heavy atom. The van der Waals surface area contributed by atoms with Gasteiger partial charge in [0.05, 0.1) is 22.2 Å². The van der Waals surface area contributed by atoms with Gasteiger partial charge in [0.1, 0.15) is 0 Å². The molecule has 2 N–H and O–H groups in total. The summed E-state index contributed by atoms with van der Waals surface area (Å²) in [4.78, 5) is 0. The van der Waals surface area contributed by atoms with E-state index in [4.69, 9.17) is 10.5 Å². The lowest BCUT2D eigenvalue weighted by molar-refractivity contribution is -0.0635. The SMILES string of the molecule is CC1(C)CC(S(=O)(=O)CCN)C(C)(C)O1. The summed E-state index contributed by atoms with van der Waals surface area (Å²) in [6, 6.07) is 0. The van der Waals surface area contributed by atoms with Crippen LogP contribution in [0.25, 0.3) is 0 Å². The summed E-state index contributed by atoms with van der Waals surface area (Å²) in [6.45, 7) is 7.69. The first-order chi connectivity index (χ1) is 6.61. The van der Waals surface area contributed by atoms with Gasteiger partial charge in [-0.2, -0.15) is 0 Å². The molecular weight excluding hydrogens is 214 g/mol. The second-order valence-electron chi connectivity index (χ2n) is 5.31. The Kier molecular flexibility index (Phi) is 3.20. The highest BCUT2D eigenvalue weighted by molar-refractivity contribution is 7.92. The molecule has 1 saturated heterocycles. The van der Waals surface area contributed by atoms with Gasteiger partial charge in [0, 0.05) is 6.54 Å². The second kappa shape index (κ2) is 3.71. The maximum absolute atomic E-state index is 12.0. The standard InChI is InChI=1S/C10H21NO3S/c1-9(2)7-8(10(3,4)14-9)15(12,13)6-5-11/h8H,5-7,11H2,1-4H3. The van der Waals surface area contributed by atoms with Crippen LogP contribution >= 0.6 is 0 Å². The Bertz CT molecular complexity index is 333. The topological polar surface area (TPSA) is 69.4 Å². The molecule has 0 spiro atoms. The van der Waals surface area contributed by atoms with Crippen molar-refractivity contribution in [2.24, 2.45) is 5.73 Å². The predicted molar refractivity (Wildman–Crippen MR) is 60.5 cm³/mol. The first-order valence-electron chi connectivity index (χ1n) is 5.22. The highest BCUT2D eigenvalue weighted by atomic mass is 32.2. The molecule has 0 aliphatic carbocycles. The van der Waals surface area contributed by atoms with Crippen molar-refractivity contribution < 1.29 is 13.2 Å². The Labute approximate surface area is 92.1 Å². The number of hydrogen-bond donors (Lipinski definition) is 1. The molecule has 1 aliphatic heterocycles. The van der Waals surface area contributed by atoms with Gasteiger partial charge in [-0.15, -0.1) is 0 Å². The Morgan fingerprint density at radius 3 is 2.20 bits per heavy atom. The van der Waals surface area contributed by atoms with E-state index in [9.17, 15) is 8.42 Å². The van der Waals surface area contributed by atoms with Crippen molar-refractivity contribution >= 4 is 9.84 Å². The fourth-order valence-electron chi connectivity index (χ4n) is 2.38. The number of sulfone groups is 1. The molecular formula is C10H21NO3S. The minimum absolute atomic E-state index is 0.0422. The number of ether oxygens (including phenoxy) is 1. The largest absolute Gasteiger partial charge is 0.368 e. The summed E-state index contributed by atoms with van der Waals surface area (Å²) >= 11 is 0. The van der Waals surface area contributed by atoms with Gasteiger partial charge in [-0.25, -0.2) is 8.42 Å². The third-order valence-electron chi connectivity index (χ3n) is 2.83. The van der Waals surface area contributed by atoms with Crippen molar-refractivity contribution in [1.82, 2.24) is 0 Å². The third kappa shape index (κ3) is 2.71. The Morgan fingerprint density at radius 1 is 1.33 bits per heavy atom. The van der Waals surface area contributed by atoms with E-state index in [0.717, 1.165) is 0 Å². The lowest BCUT2D eigenvalue weighted by Crippen LogP contribution is -2.40. The quantitative estimate of drug-likeness (QED) is 0.782. The van der Waals surface area contributed by atoms with Crippen LogP contribution in [-0.2, 0) is 14.6 Å². The molecule has 0 aromatic carbocycles. The molecule has 1 fully saturated rings. The van der Waals surface area contributed by atoms with Crippen LogP contribution in [0.5, 0.6) is 0 Å². The van der Waals surface area contributed by atoms with Crippen LogP contribution in [0, 0.1) is 0 Å². The molecule has 0 saturated carbocycles. The van der Waals surface area contributed by atoms with Crippen molar-refractivity contribution in [3.8, 4) is 0 Å². The van der Waals surface area contributed by atoms with Gasteiger partial charge in [-0.1, -0.05) is 0 Å². The van der Waals surface area contributed by atoms with Gasteiger partial charge in [0.15, 0.2) is 9.84 Å². The molecule has 0 aromatic heterocycles. The van der Waals surface area contributed by atoms with Crippen molar-refractivity contribution in [1.29, 1.82) is 0 Å². The maximum atomic E-state index is 12.0. The van der Waals surface area contributed by atoms with Gasteiger partial charge in [0.2, 0.25) is 0 Å². The van der Waals surface area contributed by atoms with Crippen LogP contribution in [0.3, 0.4) is 0 Å². The van der Waals surface area contributed by atoms with Gasteiger partial charge < -0.3 is 10.5 Å². The molecule has 1 rings (SSSR count). The molecule has 1 atom stereocenters. The van der Waals surface area contributed by atoms with Gasteiger partial charge in [-0.05, 0) is 34.1 Å². The van der Waals surface area contributed by atoms with Crippen LogP contribution in [0.4, 0.5) is 0 Å². The van der Waals surface area contributed by atoms with Crippen LogP contribution in [0.2, 0.25) is 0 Å². The molecule has 1 heterocycles. The van der Waals surface area contributed by atoms with E-state index < -0.39 is 20.7 Å². The van der Waals surface area contributed by atoms with Crippen molar-refractivity contribution in [3.63, 3.8) is 0 Å². The average Bonchev–Trinajstić information content (AvgIpc) is 2.19. The fraction of sp³-hybridized carbons (Fsp3) is 1.00. The third-order valence-corrected chi connectivity index (χ3v) is 5.23. The van der Waals surface area contributed by atoms with E-state index in [0.29, 0.717) is 6.42 Å². The summed E-state index contributed by atoms with van der Waals surface area (Å²) in [7, 11) is -3.14. The van der Waals surface area contributed by atoms with E-state index in [1.807, 2.05) is 27.7 Å². The summed E-state index contributed by atoms with van der Waals surface area (Å²) in [6.07, 6.45) is 0.544. The highest BCUT2D eigenvalue weighted by Gasteiger charge is 2.51. The van der Waals surface area contributed by atoms with Gasteiger partial charge in [-0.3, -0.25) is 0 Å². The summed E-state index contributed by atoms with van der Waals surface area (Å²) in [5.41, 5.74) is 4.34. The fourth-order valence-corrected chi connectivity index (χ4v) is 4.56. The highest BCUT2D eigenvalue weighted by Crippen LogP contribution is 2.41. The van der Waals surface area contributed by atoms with Crippen LogP contribution in [0.1, 0.15) is 34.1 Å². The number of nitrogens with two attached hydrogens (primary N) is 1. The number of hydrogen-bond acceptors (Lipinski definition) is 4. The first kappa shape index (κ1) is 12.9. The normalized spacial score (nSPS) is 29.3. The Balaban J connectivity index is 2.97. The lowest BCUT2D eigenvalue weighted by atomic mass is 10.0. The zero-order chi connectivity index (χ0) is 11.9. The summed E-state index contributed by atoms with van der Waals surface area (Å²) < 4.78 is 29.7. The van der Waals surface area contributed by atoms with Crippen LogP contribution < -0.4 is 5.73 Å². The number of rotatable bonds is 3. The second-order valence-corrected chi connectivity index (χ2v) is 7.62. The van der Waals surface area contributed by atoms with Crippen LogP contribution in [-0.4, -0.2) is 37.2 Å². The molecule has 0 bridgehead atoms. The summed E-state index contributed by atoms with van der Waals surface area (Å²) in [5, 5.41) is -0.441. The van der Waals surface area contributed by atoms with E-state index in [1.54, 1.807) is 0 Å². The predicted octanol–water partition coefficient (Wildman–Crippen LogP) is 0.706. The zero-order valence-electron chi connectivity index (χ0n) is 9.91. The maximum Gasteiger partial charge on any atom is 0.157 e. The van der Waals surface area contributed by atoms with Crippen molar-refractivity contribution in [3.05, 3.63) is 0 Å². The van der Waals surface area contributed by atoms with Crippen molar-refractivity contribution in [2.75, 3.05) is 12.3 Å². The van der Waals surface area contributed by atoms with E-state index >= 15 is 0 Å².